The second-order valence-electron chi connectivity index (χ2n) is 19.0. The molecule has 0 radical (unpaired) electrons. The van der Waals surface area contributed by atoms with Gasteiger partial charge >= 0.3 is 11.9 Å². The molecule has 1 aromatic rings. The molecule has 4 fully saturated rings. The third-order valence-corrected chi connectivity index (χ3v) is 16.1. The quantitative estimate of drug-likeness (QED) is 0.129. The van der Waals surface area contributed by atoms with Crippen LogP contribution in [0.25, 0.3) is 5.57 Å². The van der Waals surface area contributed by atoms with Gasteiger partial charge in [0.15, 0.2) is 0 Å². The molecule has 5 aliphatic carbocycles. The Labute approximate surface area is 312 Å². The maximum absolute atomic E-state index is 14.3. The topological polar surface area (TPSA) is 119 Å². The molecule has 1 amide bonds. The highest BCUT2D eigenvalue weighted by molar-refractivity contribution is 5.88. The average Bonchev–Trinajstić information content (AvgIpc) is 3.47. The molecule has 0 saturated heterocycles. The molecular formula is C44H65N3O5. The van der Waals surface area contributed by atoms with Crippen LogP contribution in [0.1, 0.15) is 115 Å². The maximum atomic E-state index is 14.3. The van der Waals surface area contributed by atoms with Gasteiger partial charge in [-0.3, -0.25) is 9.59 Å². The number of aromatic carboxylic acids is 1. The zero-order chi connectivity index (χ0) is 37.9. The maximum Gasteiger partial charge on any atom is 0.335 e. The molecule has 9 atom stereocenters. The first-order valence-corrected chi connectivity index (χ1v) is 20.0. The van der Waals surface area contributed by atoms with Crippen LogP contribution in [0.2, 0.25) is 0 Å². The van der Waals surface area contributed by atoms with Gasteiger partial charge in [0, 0.05) is 26.2 Å². The van der Waals surface area contributed by atoms with Gasteiger partial charge in [-0.15, -0.1) is 0 Å². The lowest BCUT2D eigenvalue weighted by atomic mass is 9.32. The summed E-state index contributed by atoms with van der Waals surface area (Å²) in [6.45, 7) is 20.1. The predicted octanol–water partition coefficient (Wildman–Crippen LogP) is 7.76. The molecule has 5 aliphatic rings. The van der Waals surface area contributed by atoms with Crippen molar-refractivity contribution in [2.45, 2.75) is 98.8 Å². The van der Waals surface area contributed by atoms with E-state index in [9.17, 15) is 24.6 Å². The Morgan fingerprint density at radius 1 is 0.865 bits per heavy atom. The van der Waals surface area contributed by atoms with Crippen LogP contribution in [0.4, 0.5) is 0 Å². The lowest BCUT2D eigenvalue weighted by Crippen LogP contribution is -2.66. The SMILES string of the molecule is C=C(CNCCN(C)C)C1CCC2(C(=O)NCCC(=O)O)CCC3(C)C(CCC4C5(C)CC=C(c6ccc(C(=O)O)cc6)C(C)(C)C5CCC43C)C12. The summed E-state index contributed by atoms with van der Waals surface area (Å²) in [4.78, 5) is 39.5. The highest BCUT2D eigenvalue weighted by Gasteiger charge is 2.71. The van der Waals surface area contributed by atoms with Crippen LogP contribution in [-0.2, 0) is 9.59 Å². The minimum Gasteiger partial charge on any atom is -0.481 e. The number of benzene rings is 1. The van der Waals surface area contributed by atoms with Gasteiger partial charge in [0.25, 0.3) is 0 Å². The Hall–Kier alpha value is -2.97. The number of nitrogens with one attached hydrogen (secondary N) is 2. The van der Waals surface area contributed by atoms with E-state index in [1.807, 2.05) is 12.1 Å². The van der Waals surface area contributed by atoms with Crippen LogP contribution in [0.15, 0.2) is 42.5 Å². The number of hydrogen-bond acceptors (Lipinski definition) is 5. The van der Waals surface area contributed by atoms with Gasteiger partial charge in [-0.25, -0.2) is 4.79 Å². The third-order valence-electron chi connectivity index (χ3n) is 16.1. The summed E-state index contributed by atoms with van der Waals surface area (Å²) < 4.78 is 0. The van der Waals surface area contributed by atoms with Crippen LogP contribution in [0.3, 0.4) is 0 Å². The molecule has 0 bridgehead atoms. The Kier molecular flexibility index (Phi) is 10.5. The Bertz CT molecular complexity index is 1600. The molecule has 0 aromatic heterocycles. The summed E-state index contributed by atoms with van der Waals surface area (Å²) in [7, 11) is 4.17. The van der Waals surface area contributed by atoms with Crippen molar-refractivity contribution in [2.75, 3.05) is 40.3 Å². The lowest BCUT2D eigenvalue weighted by molar-refractivity contribution is -0.225. The van der Waals surface area contributed by atoms with Crippen LogP contribution < -0.4 is 10.6 Å². The number of hydrogen-bond donors (Lipinski definition) is 4. The van der Waals surface area contributed by atoms with Crippen molar-refractivity contribution in [2.24, 2.45) is 56.7 Å². The van der Waals surface area contributed by atoms with Crippen LogP contribution in [0, 0.1) is 56.7 Å². The standard InChI is InChI=1S/C44H65N3O5/c1-28(27-45-25-26-47(7)8)31-15-21-44(39(52)46-24-18-36(48)49)23-22-42(5)33(37(31)44)13-14-35-41(4)19-16-32(29-9-11-30(12-10-29)38(50)51)40(2,3)34(41)17-20-43(35,42)6/h9-12,16,31,33-35,37,45H,1,13-15,17-27H2,2-8H3,(H,46,52)(H,48,49)(H,50,51). The first kappa shape index (κ1) is 38.7. The largest absolute Gasteiger partial charge is 0.481 e. The number of carboxylic acids is 2. The van der Waals surface area contributed by atoms with Gasteiger partial charge in [0.05, 0.1) is 17.4 Å². The number of rotatable bonds is 12. The van der Waals surface area contributed by atoms with Gasteiger partial charge in [-0.2, -0.15) is 0 Å². The van der Waals surface area contributed by atoms with E-state index in [4.69, 9.17) is 0 Å². The van der Waals surface area contributed by atoms with Crippen molar-refractivity contribution in [1.29, 1.82) is 0 Å². The molecule has 0 aliphatic heterocycles. The number of nitrogens with zero attached hydrogens (tertiary/aromatic N) is 1. The molecule has 0 heterocycles. The van der Waals surface area contributed by atoms with Gasteiger partial charge in [0.1, 0.15) is 0 Å². The second kappa shape index (κ2) is 14.0. The highest BCUT2D eigenvalue weighted by atomic mass is 16.4. The fourth-order valence-corrected chi connectivity index (χ4v) is 13.5. The number of likely N-dealkylation sites (N-methyl/N-ethyl adjacent to an activating group) is 1. The molecular weight excluding hydrogens is 651 g/mol. The number of carbonyl (C=O) groups excluding carboxylic acids is 1. The summed E-state index contributed by atoms with van der Waals surface area (Å²) in [6, 6.07) is 7.47. The van der Waals surface area contributed by atoms with Crippen molar-refractivity contribution < 1.29 is 24.6 Å². The predicted molar refractivity (Wildman–Crippen MR) is 207 cm³/mol. The van der Waals surface area contributed by atoms with E-state index in [1.54, 1.807) is 12.1 Å². The molecule has 52 heavy (non-hydrogen) atoms. The summed E-state index contributed by atoms with van der Waals surface area (Å²) in [5, 5.41) is 25.6. The molecule has 8 heteroatoms. The minimum atomic E-state index is -0.893. The molecule has 0 spiro atoms. The van der Waals surface area contributed by atoms with E-state index < -0.39 is 17.4 Å². The fourth-order valence-electron chi connectivity index (χ4n) is 13.5. The van der Waals surface area contributed by atoms with E-state index in [0.29, 0.717) is 23.3 Å². The number of amides is 1. The van der Waals surface area contributed by atoms with E-state index in [-0.39, 0.29) is 52.4 Å². The molecule has 4 saturated carbocycles. The van der Waals surface area contributed by atoms with Gasteiger partial charge in [-0.05, 0) is 146 Å². The normalized spacial score (nSPS) is 37.5. The average molecular weight is 716 g/mol. The number of fused-ring (bicyclic) bond motifs is 7. The third kappa shape index (κ3) is 6.18. The van der Waals surface area contributed by atoms with E-state index in [0.717, 1.165) is 76.6 Å². The first-order chi connectivity index (χ1) is 24.4. The molecule has 9 unspecified atom stereocenters. The van der Waals surface area contributed by atoms with Crippen LogP contribution in [-0.4, -0.2) is 73.2 Å². The summed E-state index contributed by atoms with van der Waals surface area (Å²) in [5.41, 5.74) is 3.81. The minimum absolute atomic E-state index is 0.0551. The van der Waals surface area contributed by atoms with Crippen molar-refractivity contribution in [3.05, 3.63) is 53.6 Å². The highest BCUT2D eigenvalue weighted by Crippen LogP contribution is 2.77. The Morgan fingerprint density at radius 2 is 1.58 bits per heavy atom. The van der Waals surface area contributed by atoms with Crippen molar-refractivity contribution in [3.8, 4) is 0 Å². The zero-order valence-electron chi connectivity index (χ0n) is 32.9. The smallest absolute Gasteiger partial charge is 0.335 e. The summed E-state index contributed by atoms with van der Waals surface area (Å²) >= 11 is 0. The number of carbonyl (C=O) groups is 3. The van der Waals surface area contributed by atoms with E-state index in [1.165, 1.54) is 17.6 Å². The van der Waals surface area contributed by atoms with Gasteiger partial charge in [-0.1, -0.05) is 65.0 Å². The molecule has 4 N–H and O–H groups in total. The molecule has 286 valence electrons. The number of allylic oxidation sites excluding steroid dienone is 2. The van der Waals surface area contributed by atoms with E-state index >= 15 is 0 Å². The lowest BCUT2D eigenvalue weighted by Gasteiger charge is -2.72. The summed E-state index contributed by atoms with van der Waals surface area (Å²) in [6.07, 6.45) is 11.7. The van der Waals surface area contributed by atoms with Crippen molar-refractivity contribution >= 4 is 23.4 Å². The Balaban J connectivity index is 1.31. The second-order valence-corrected chi connectivity index (χ2v) is 19.0. The van der Waals surface area contributed by atoms with Crippen LogP contribution in [0.5, 0.6) is 0 Å². The summed E-state index contributed by atoms with van der Waals surface area (Å²) in [5.74, 6) is 0.219. The van der Waals surface area contributed by atoms with Crippen molar-refractivity contribution in [3.63, 3.8) is 0 Å². The first-order valence-electron chi connectivity index (χ1n) is 20.0. The molecule has 1 aromatic carbocycles. The number of carboxylic acid groups (broad SMARTS) is 2. The molecule has 6 rings (SSSR count). The van der Waals surface area contributed by atoms with Gasteiger partial charge < -0.3 is 25.7 Å². The molecule has 8 nitrogen and oxygen atoms in total. The zero-order valence-corrected chi connectivity index (χ0v) is 32.9. The van der Waals surface area contributed by atoms with E-state index in [2.05, 4.69) is 76.9 Å². The number of aliphatic carboxylic acids is 1. The van der Waals surface area contributed by atoms with Crippen molar-refractivity contribution in [1.82, 2.24) is 15.5 Å². The Morgan fingerprint density at radius 3 is 2.23 bits per heavy atom. The fraction of sp³-hybridized carbons (Fsp3) is 0.705. The van der Waals surface area contributed by atoms with Crippen LogP contribution >= 0.6 is 0 Å². The monoisotopic (exact) mass is 715 g/mol. The van der Waals surface area contributed by atoms with Gasteiger partial charge in [0.2, 0.25) is 5.91 Å².